The van der Waals surface area contributed by atoms with Crippen LogP contribution in [0.5, 0.6) is 0 Å². The Bertz CT molecular complexity index is 2080. The third kappa shape index (κ3) is 6.12. The van der Waals surface area contributed by atoms with Gasteiger partial charge in [-0.15, -0.1) is 5.10 Å². The number of aromatic amines is 1. The van der Waals surface area contributed by atoms with Gasteiger partial charge in [0.15, 0.2) is 5.82 Å². The highest BCUT2D eigenvalue weighted by molar-refractivity contribution is 5.88. The maximum Gasteiger partial charge on any atom is 0.357 e. The third-order valence-electron chi connectivity index (χ3n) is 9.02. The molecule has 0 radical (unpaired) electrons. The largest absolute Gasteiger partial charge is 0.456 e. The molecule has 8 nitrogen and oxygen atoms in total. The molecule has 0 unspecified atom stereocenters. The molecule has 0 saturated heterocycles. The van der Waals surface area contributed by atoms with Crippen LogP contribution in [0.1, 0.15) is 64.5 Å². The molecule has 2 aromatic heterocycles. The second kappa shape index (κ2) is 14.5. The molecule has 50 heavy (non-hydrogen) atoms. The number of aryl methyl sites for hydroxylation is 2. The lowest BCUT2D eigenvalue weighted by molar-refractivity contribution is 0.0465. The fraction of sp³-hybridized carbons (Fsp3) is 0.167. The number of nitrogens with zero attached hydrogens (tertiary/aromatic N) is 5. The van der Waals surface area contributed by atoms with E-state index in [0.29, 0.717) is 17.9 Å². The number of nitrogens with one attached hydrogen (secondary N) is 1. The number of H-pyrrole nitrogens is 1. The van der Waals surface area contributed by atoms with Crippen molar-refractivity contribution < 1.29 is 9.53 Å². The van der Waals surface area contributed by atoms with Gasteiger partial charge in [-0.1, -0.05) is 153 Å². The number of aromatic nitrogens is 6. The van der Waals surface area contributed by atoms with Crippen LogP contribution in [0, 0.1) is 0 Å². The van der Waals surface area contributed by atoms with Crippen LogP contribution < -0.4 is 0 Å². The van der Waals surface area contributed by atoms with Crippen LogP contribution in [0.15, 0.2) is 140 Å². The average Bonchev–Trinajstić information content (AvgIpc) is 3.84. The van der Waals surface area contributed by atoms with Gasteiger partial charge in [0, 0.05) is 12.0 Å². The quantitative estimate of drug-likeness (QED) is 0.105. The minimum Gasteiger partial charge on any atom is -0.456 e. The average molecular weight is 659 g/mol. The summed E-state index contributed by atoms with van der Waals surface area (Å²) in [6, 6.07) is 47.4. The highest BCUT2D eigenvalue weighted by atomic mass is 16.5. The molecule has 0 aliphatic heterocycles. The molecule has 7 rings (SSSR count). The summed E-state index contributed by atoms with van der Waals surface area (Å²) >= 11 is 0. The van der Waals surface area contributed by atoms with Gasteiger partial charge in [-0.25, -0.2) is 14.5 Å². The van der Waals surface area contributed by atoms with Crippen molar-refractivity contribution in [1.82, 2.24) is 30.2 Å². The lowest BCUT2D eigenvalue weighted by Crippen LogP contribution is -2.39. The SMILES string of the molecule is CCCc1nc(CC)c(C(=O)OCc2ccc(-c3ccccc3-c3nnnn3C(c3ccccc3)(c3ccccc3)c3ccccc3)cc2)[nH]1. The van der Waals surface area contributed by atoms with Crippen molar-refractivity contribution in [3.63, 3.8) is 0 Å². The number of rotatable bonds is 12. The highest BCUT2D eigenvalue weighted by Gasteiger charge is 2.42. The van der Waals surface area contributed by atoms with Gasteiger partial charge < -0.3 is 9.72 Å². The number of esters is 1. The Morgan fingerprint density at radius 1 is 0.720 bits per heavy atom. The fourth-order valence-electron chi connectivity index (χ4n) is 6.66. The van der Waals surface area contributed by atoms with Crippen molar-refractivity contribution in [3.05, 3.63) is 179 Å². The number of carbonyl (C=O) groups is 1. The van der Waals surface area contributed by atoms with Gasteiger partial charge >= 0.3 is 5.97 Å². The van der Waals surface area contributed by atoms with E-state index in [2.05, 4.69) is 75.7 Å². The minimum absolute atomic E-state index is 0.151. The molecule has 5 aromatic carbocycles. The molecular formula is C42H38N6O2. The number of carbonyl (C=O) groups excluding carboxylic acids is 1. The van der Waals surface area contributed by atoms with Gasteiger partial charge in [-0.2, -0.15) is 0 Å². The molecule has 0 aliphatic carbocycles. The predicted molar refractivity (Wildman–Crippen MR) is 194 cm³/mol. The van der Waals surface area contributed by atoms with Gasteiger partial charge in [-0.05, 0) is 56.6 Å². The number of ether oxygens (including phenoxy) is 1. The molecule has 8 heteroatoms. The Balaban J connectivity index is 1.25. The zero-order chi connectivity index (χ0) is 34.3. The molecule has 248 valence electrons. The molecule has 1 N–H and O–H groups in total. The van der Waals surface area contributed by atoms with Crippen LogP contribution in [0.2, 0.25) is 0 Å². The molecule has 0 bridgehead atoms. The Morgan fingerprint density at radius 3 is 1.84 bits per heavy atom. The normalized spacial score (nSPS) is 11.4. The van der Waals surface area contributed by atoms with E-state index in [-0.39, 0.29) is 6.61 Å². The summed E-state index contributed by atoms with van der Waals surface area (Å²) in [4.78, 5) is 20.7. The van der Waals surface area contributed by atoms with E-state index in [0.717, 1.165) is 63.3 Å². The van der Waals surface area contributed by atoms with Crippen molar-refractivity contribution in [1.29, 1.82) is 0 Å². The number of imidazole rings is 1. The van der Waals surface area contributed by atoms with Crippen LogP contribution in [0.25, 0.3) is 22.5 Å². The van der Waals surface area contributed by atoms with Gasteiger partial charge in [0.1, 0.15) is 23.7 Å². The van der Waals surface area contributed by atoms with Gasteiger partial charge in [0.05, 0.1) is 5.69 Å². The molecule has 0 aliphatic rings. The number of tetrazole rings is 1. The Labute approximate surface area is 291 Å². The standard InChI is InChI=1S/C42H38N6O2/c1-3-16-38-43-37(4-2)39(44-38)41(49)50-29-30-25-27-31(28-26-30)35-23-14-15-24-36(35)40-45-46-47-48(40)42(32-17-8-5-9-18-32,33-19-10-6-11-20-33)34-21-12-7-13-22-34/h5-15,17-28H,3-4,16,29H2,1-2H3,(H,43,44). The van der Waals surface area contributed by atoms with Gasteiger partial charge in [0.25, 0.3) is 0 Å². The number of hydrogen-bond donors (Lipinski definition) is 1. The van der Waals surface area contributed by atoms with Crippen LogP contribution in [-0.4, -0.2) is 36.1 Å². The summed E-state index contributed by atoms with van der Waals surface area (Å²) in [6.07, 6.45) is 2.40. The lowest BCUT2D eigenvalue weighted by atomic mass is 9.77. The Morgan fingerprint density at radius 2 is 1.28 bits per heavy atom. The van der Waals surface area contributed by atoms with Crippen molar-refractivity contribution in [2.45, 2.75) is 45.3 Å². The summed E-state index contributed by atoms with van der Waals surface area (Å²) in [5.41, 5.74) is 7.14. The molecule has 0 fully saturated rings. The van der Waals surface area contributed by atoms with Crippen LogP contribution in [0.4, 0.5) is 0 Å². The first-order valence-electron chi connectivity index (χ1n) is 17.0. The summed E-state index contributed by atoms with van der Waals surface area (Å²) in [6.45, 7) is 4.23. The predicted octanol–water partition coefficient (Wildman–Crippen LogP) is 8.44. The van der Waals surface area contributed by atoms with Gasteiger partial charge in [-0.3, -0.25) is 0 Å². The van der Waals surface area contributed by atoms with E-state index in [1.165, 1.54) is 0 Å². The van der Waals surface area contributed by atoms with E-state index in [9.17, 15) is 4.79 Å². The summed E-state index contributed by atoms with van der Waals surface area (Å²) in [5, 5.41) is 13.7. The van der Waals surface area contributed by atoms with Crippen molar-refractivity contribution >= 4 is 5.97 Å². The second-order valence-electron chi connectivity index (χ2n) is 12.2. The van der Waals surface area contributed by atoms with Crippen molar-refractivity contribution in [2.24, 2.45) is 0 Å². The van der Waals surface area contributed by atoms with Crippen LogP contribution in [-0.2, 0) is 29.7 Å². The first-order valence-corrected chi connectivity index (χ1v) is 17.0. The van der Waals surface area contributed by atoms with E-state index >= 15 is 0 Å². The van der Waals surface area contributed by atoms with Crippen LogP contribution in [0.3, 0.4) is 0 Å². The highest BCUT2D eigenvalue weighted by Crippen LogP contribution is 2.43. The number of hydrogen-bond acceptors (Lipinski definition) is 6. The van der Waals surface area contributed by atoms with E-state index in [1.54, 1.807) is 0 Å². The molecule has 0 spiro atoms. The van der Waals surface area contributed by atoms with E-state index in [1.807, 2.05) is 103 Å². The topological polar surface area (TPSA) is 98.6 Å². The van der Waals surface area contributed by atoms with E-state index in [4.69, 9.17) is 9.95 Å². The summed E-state index contributed by atoms with van der Waals surface area (Å²) < 4.78 is 7.67. The Hall–Kier alpha value is -6.15. The molecule has 2 heterocycles. The molecule has 7 aromatic rings. The summed E-state index contributed by atoms with van der Waals surface area (Å²) in [7, 11) is 0. The number of benzene rings is 5. The zero-order valence-corrected chi connectivity index (χ0v) is 28.2. The van der Waals surface area contributed by atoms with Gasteiger partial charge in [0.2, 0.25) is 0 Å². The maximum absolute atomic E-state index is 13.0. The van der Waals surface area contributed by atoms with Crippen molar-refractivity contribution in [3.8, 4) is 22.5 Å². The first-order chi connectivity index (χ1) is 24.6. The molecular weight excluding hydrogens is 621 g/mol. The smallest absolute Gasteiger partial charge is 0.357 e. The zero-order valence-electron chi connectivity index (χ0n) is 28.2. The summed E-state index contributed by atoms with van der Waals surface area (Å²) in [5.74, 6) is 1.06. The monoisotopic (exact) mass is 658 g/mol. The third-order valence-corrected chi connectivity index (χ3v) is 9.02. The fourth-order valence-corrected chi connectivity index (χ4v) is 6.66. The first kappa shape index (κ1) is 32.4. The molecule has 0 atom stereocenters. The lowest BCUT2D eigenvalue weighted by Gasteiger charge is -2.36. The Kier molecular flexibility index (Phi) is 9.42. The molecule has 0 amide bonds. The molecule has 0 saturated carbocycles. The maximum atomic E-state index is 13.0. The minimum atomic E-state index is -0.868. The van der Waals surface area contributed by atoms with Crippen molar-refractivity contribution in [2.75, 3.05) is 0 Å². The van der Waals surface area contributed by atoms with Crippen LogP contribution >= 0.6 is 0 Å². The second-order valence-corrected chi connectivity index (χ2v) is 12.2. The van der Waals surface area contributed by atoms with E-state index < -0.39 is 11.5 Å².